The van der Waals surface area contributed by atoms with Crippen LogP contribution in [0.2, 0.25) is 0 Å². The minimum atomic E-state index is -0.925. The molecule has 1 fully saturated rings. The third-order valence-electron chi connectivity index (χ3n) is 3.22. The summed E-state index contributed by atoms with van der Waals surface area (Å²) in [7, 11) is 0. The van der Waals surface area contributed by atoms with Gasteiger partial charge in [-0.25, -0.2) is 13.6 Å². The molecule has 1 aromatic rings. The molecule has 0 aliphatic carbocycles. The average Bonchev–Trinajstić information content (AvgIpc) is 2.33. The number of carbonyl (C=O) groups excluding carboxylic acids is 1. The Morgan fingerprint density at radius 2 is 2.05 bits per heavy atom. The van der Waals surface area contributed by atoms with E-state index in [-0.39, 0.29) is 31.0 Å². The summed E-state index contributed by atoms with van der Waals surface area (Å²) in [6.07, 6.45) is -0.0169. The molecule has 2 rings (SSSR count). The molecule has 1 aromatic carbocycles. The van der Waals surface area contributed by atoms with Crippen LogP contribution in [-0.4, -0.2) is 35.1 Å². The van der Waals surface area contributed by atoms with E-state index in [1.165, 1.54) is 17.9 Å². The van der Waals surface area contributed by atoms with Crippen molar-refractivity contribution in [2.75, 3.05) is 18.4 Å². The quantitative estimate of drug-likeness (QED) is 0.894. The topological polar surface area (TPSA) is 69.6 Å². The Bertz CT molecular complexity index is 557. The number of nitrogens with zero attached hydrogens (tertiary/aromatic N) is 1. The lowest BCUT2D eigenvalue weighted by Gasteiger charge is -2.38. The molecule has 20 heavy (non-hydrogen) atoms. The number of rotatable bonds is 3. The van der Waals surface area contributed by atoms with Crippen LogP contribution in [-0.2, 0) is 4.79 Å². The molecular formula is C13H14F2N2O3. The number of amides is 2. The number of hydrogen-bond donors (Lipinski definition) is 2. The molecule has 0 atom stereocenters. The van der Waals surface area contributed by atoms with E-state index < -0.39 is 29.3 Å². The van der Waals surface area contributed by atoms with Gasteiger partial charge < -0.3 is 15.3 Å². The number of urea groups is 1. The number of anilines is 1. The Hall–Kier alpha value is -2.18. The van der Waals surface area contributed by atoms with Gasteiger partial charge in [-0.1, -0.05) is 6.07 Å². The van der Waals surface area contributed by atoms with Gasteiger partial charge in [0.15, 0.2) is 5.82 Å². The molecule has 1 aliphatic heterocycles. The van der Waals surface area contributed by atoms with Crippen LogP contribution < -0.4 is 5.32 Å². The third kappa shape index (κ3) is 2.87. The first-order chi connectivity index (χ1) is 9.38. The largest absolute Gasteiger partial charge is 0.481 e. The molecular weight excluding hydrogens is 270 g/mol. The van der Waals surface area contributed by atoms with Crippen LogP contribution in [0, 0.1) is 24.5 Å². The van der Waals surface area contributed by atoms with Gasteiger partial charge in [-0.15, -0.1) is 0 Å². The summed E-state index contributed by atoms with van der Waals surface area (Å²) >= 11 is 0. The highest BCUT2D eigenvalue weighted by Gasteiger charge is 2.32. The number of nitrogens with one attached hydrogen (secondary N) is 1. The van der Waals surface area contributed by atoms with Gasteiger partial charge >= 0.3 is 12.0 Å². The molecule has 2 amide bonds. The van der Waals surface area contributed by atoms with E-state index in [4.69, 9.17) is 5.11 Å². The molecule has 2 N–H and O–H groups in total. The van der Waals surface area contributed by atoms with Crippen LogP contribution in [0.3, 0.4) is 0 Å². The lowest BCUT2D eigenvalue weighted by Crippen LogP contribution is -2.52. The number of carboxylic acid groups (broad SMARTS) is 1. The van der Waals surface area contributed by atoms with Crippen molar-refractivity contribution in [1.29, 1.82) is 0 Å². The molecule has 0 saturated carbocycles. The van der Waals surface area contributed by atoms with Crippen LogP contribution in [0.1, 0.15) is 12.0 Å². The maximum atomic E-state index is 13.7. The van der Waals surface area contributed by atoms with Gasteiger partial charge in [-0.3, -0.25) is 4.79 Å². The van der Waals surface area contributed by atoms with Crippen molar-refractivity contribution in [2.45, 2.75) is 13.3 Å². The van der Waals surface area contributed by atoms with Crippen LogP contribution in [0.25, 0.3) is 0 Å². The maximum absolute atomic E-state index is 13.7. The molecule has 0 aromatic heterocycles. The van der Waals surface area contributed by atoms with Gasteiger partial charge in [-0.05, 0) is 18.6 Å². The molecule has 0 unspecified atom stereocenters. The Balaban J connectivity index is 1.97. The zero-order chi connectivity index (χ0) is 14.9. The summed E-state index contributed by atoms with van der Waals surface area (Å²) in [5, 5.41) is 10.8. The first-order valence-electron chi connectivity index (χ1n) is 6.10. The van der Waals surface area contributed by atoms with Crippen molar-refractivity contribution in [3.8, 4) is 0 Å². The minimum Gasteiger partial charge on any atom is -0.481 e. The standard InChI is InChI=1S/C13H14F2N2O3/c1-7-2-3-9(14)12(11(7)15)16-13(20)17-5-8(6-17)4-10(18)19/h2-3,8H,4-6H2,1H3,(H,16,20)(H,18,19). The maximum Gasteiger partial charge on any atom is 0.322 e. The highest BCUT2D eigenvalue weighted by Crippen LogP contribution is 2.24. The number of benzene rings is 1. The number of carboxylic acids is 1. The van der Waals surface area contributed by atoms with Crippen LogP contribution >= 0.6 is 0 Å². The number of hydrogen-bond acceptors (Lipinski definition) is 2. The Morgan fingerprint density at radius 3 is 2.65 bits per heavy atom. The fourth-order valence-electron chi connectivity index (χ4n) is 2.07. The lowest BCUT2D eigenvalue weighted by atomic mass is 9.97. The second-order valence-corrected chi connectivity index (χ2v) is 4.85. The lowest BCUT2D eigenvalue weighted by molar-refractivity contribution is -0.139. The van der Waals surface area contributed by atoms with E-state index in [0.717, 1.165) is 6.07 Å². The molecule has 5 nitrogen and oxygen atoms in total. The SMILES string of the molecule is Cc1ccc(F)c(NC(=O)N2CC(CC(=O)O)C2)c1F. The summed E-state index contributed by atoms with van der Waals surface area (Å²) in [4.78, 5) is 23.6. The number of halogens is 2. The predicted molar refractivity (Wildman–Crippen MR) is 67.4 cm³/mol. The molecule has 1 saturated heterocycles. The van der Waals surface area contributed by atoms with Crippen LogP contribution in [0.5, 0.6) is 0 Å². The van der Waals surface area contributed by atoms with E-state index in [0.29, 0.717) is 0 Å². The number of carbonyl (C=O) groups is 2. The third-order valence-corrected chi connectivity index (χ3v) is 3.22. The summed E-state index contributed by atoms with van der Waals surface area (Å²) in [5.74, 6) is -2.68. The summed E-state index contributed by atoms with van der Waals surface area (Å²) in [6.45, 7) is 2.01. The molecule has 0 spiro atoms. The van der Waals surface area contributed by atoms with Crippen molar-refractivity contribution < 1.29 is 23.5 Å². The van der Waals surface area contributed by atoms with Crippen molar-refractivity contribution in [3.05, 3.63) is 29.3 Å². The predicted octanol–water partition coefficient (Wildman–Crippen LogP) is 2.21. The number of aryl methyl sites for hydroxylation is 1. The van der Waals surface area contributed by atoms with Crippen LogP contribution in [0.15, 0.2) is 12.1 Å². The van der Waals surface area contributed by atoms with Gasteiger partial charge in [0.25, 0.3) is 0 Å². The highest BCUT2D eigenvalue weighted by molar-refractivity contribution is 5.90. The molecule has 0 radical (unpaired) electrons. The van der Waals surface area contributed by atoms with E-state index >= 15 is 0 Å². The number of aliphatic carboxylic acids is 1. The molecule has 0 bridgehead atoms. The Morgan fingerprint density at radius 1 is 1.40 bits per heavy atom. The molecule has 1 heterocycles. The second-order valence-electron chi connectivity index (χ2n) is 4.85. The average molecular weight is 284 g/mol. The van der Waals surface area contributed by atoms with Gasteiger partial charge in [-0.2, -0.15) is 0 Å². The smallest absolute Gasteiger partial charge is 0.322 e. The molecule has 1 aliphatic rings. The zero-order valence-corrected chi connectivity index (χ0v) is 10.8. The van der Waals surface area contributed by atoms with Crippen LogP contribution in [0.4, 0.5) is 19.3 Å². The fourth-order valence-corrected chi connectivity index (χ4v) is 2.07. The van der Waals surface area contributed by atoms with Crippen molar-refractivity contribution in [2.24, 2.45) is 5.92 Å². The van der Waals surface area contributed by atoms with Gasteiger partial charge in [0.2, 0.25) is 0 Å². The Kier molecular flexibility index (Phi) is 3.87. The van der Waals surface area contributed by atoms with Crippen molar-refractivity contribution in [3.63, 3.8) is 0 Å². The second kappa shape index (κ2) is 5.44. The van der Waals surface area contributed by atoms with Gasteiger partial charge in [0.05, 0.1) is 6.42 Å². The van der Waals surface area contributed by atoms with Gasteiger partial charge in [0, 0.05) is 19.0 Å². The van der Waals surface area contributed by atoms with Crippen molar-refractivity contribution >= 4 is 17.7 Å². The normalized spacial score (nSPS) is 14.8. The van der Waals surface area contributed by atoms with Crippen molar-refractivity contribution in [1.82, 2.24) is 4.90 Å². The summed E-state index contributed by atoms with van der Waals surface area (Å²) in [6, 6.07) is 1.74. The monoisotopic (exact) mass is 284 g/mol. The van der Waals surface area contributed by atoms with E-state index in [9.17, 15) is 18.4 Å². The van der Waals surface area contributed by atoms with Gasteiger partial charge in [0.1, 0.15) is 11.5 Å². The first kappa shape index (κ1) is 14.2. The zero-order valence-electron chi connectivity index (χ0n) is 10.8. The first-order valence-corrected chi connectivity index (χ1v) is 6.10. The Labute approximate surface area is 114 Å². The van der Waals surface area contributed by atoms with E-state index in [1.807, 2.05) is 0 Å². The molecule has 7 heteroatoms. The fraction of sp³-hybridized carbons (Fsp3) is 0.385. The summed E-state index contributed by atoms with van der Waals surface area (Å²) in [5.41, 5.74) is -0.245. The minimum absolute atomic E-state index is 0.0169. The summed E-state index contributed by atoms with van der Waals surface area (Å²) < 4.78 is 27.2. The van der Waals surface area contributed by atoms with E-state index in [1.54, 1.807) is 0 Å². The number of likely N-dealkylation sites (tertiary alicyclic amines) is 1. The molecule has 108 valence electrons. The highest BCUT2D eigenvalue weighted by atomic mass is 19.1. The van der Waals surface area contributed by atoms with E-state index in [2.05, 4.69) is 5.32 Å².